The van der Waals surface area contributed by atoms with E-state index in [1.54, 1.807) is 0 Å². The molecule has 1 aliphatic heterocycles. The van der Waals surface area contributed by atoms with E-state index in [1.165, 1.54) is 4.90 Å². The predicted molar refractivity (Wildman–Crippen MR) is 69.0 cm³/mol. The van der Waals surface area contributed by atoms with Gasteiger partial charge < -0.3 is 16.0 Å². The van der Waals surface area contributed by atoms with Crippen LogP contribution in [0.4, 0.5) is 10.5 Å². The molecule has 1 aromatic carbocycles. The van der Waals surface area contributed by atoms with Crippen molar-refractivity contribution >= 4 is 17.6 Å². The molecule has 5 nitrogen and oxygen atoms in total. The fraction of sp³-hybridized carbons (Fsp3) is 0.385. The van der Waals surface area contributed by atoms with E-state index in [1.807, 2.05) is 30.3 Å². The number of carbonyl (C=O) groups excluding carboxylic acids is 2. The van der Waals surface area contributed by atoms with E-state index in [2.05, 4.69) is 5.32 Å². The molecule has 1 atom stereocenters. The molecule has 18 heavy (non-hydrogen) atoms. The van der Waals surface area contributed by atoms with Gasteiger partial charge in [0.25, 0.3) is 0 Å². The molecule has 0 saturated carbocycles. The van der Waals surface area contributed by atoms with E-state index in [4.69, 9.17) is 5.73 Å². The molecule has 3 amide bonds. The van der Waals surface area contributed by atoms with Gasteiger partial charge in [0.2, 0.25) is 5.91 Å². The number of amides is 3. The van der Waals surface area contributed by atoms with Crippen molar-refractivity contribution in [3.8, 4) is 0 Å². The van der Waals surface area contributed by atoms with E-state index < -0.39 is 6.03 Å². The minimum Gasteiger partial charge on any atom is -0.351 e. The summed E-state index contributed by atoms with van der Waals surface area (Å²) in [5, 5.41) is 2.85. The van der Waals surface area contributed by atoms with E-state index in [9.17, 15) is 9.59 Å². The van der Waals surface area contributed by atoms with E-state index >= 15 is 0 Å². The number of nitrogens with two attached hydrogens (primary N) is 1. The van der Waals surface area contributed by atoms with E-state index in [-0.39, 0.29) is 11.8 Å². The monoisotopic (exact) mass is 247 g/mol. The number of carbonyl (C=O) groups is 2. The van der Waals surface area contributed by atoms with Crippen LogP contribution in [0.3, 0.4) is 0 Å². The van der Waals surface area contributed by atoms with Crippen LogP contribution in [0.2, 0.25) is 0 Å². The normalized spacial score (nSPS) is 19.3. The van der Waals surface area contributed by atoms with Gasteiger partial charge in [0.1, 0.15) is 0 Å². The summed E-state index contributed by atoms with van der Waals surface area (Å²) in [6, 6.07) is 8.86. The first-order valence-corrected chi connectivity index (χ1v) is 6.07. The largest absolute Gasteiger partial charge is 0.351 e. The number of hydrogen-bond acceptors (Lipinski definition) is 2. The zero-order valence-electron chi connectivity index (χ0n) is 10.1. The van der Waals surface area contributed by atoms with Gasteiger partial charge in [-0.3, -0.25) is 4.79 Å². The summed E-state index contributed by atoms with van der Waals surface area (Å²) >= 11 is 0. The molecule has 2 rings (SSSR count). The molecular weight excluding hydrogens is 230 g/mol. The molecule has 0 radical (unpaired) electrons. The van der Waals surface area contributed by atoms with Crippen molar-refractivity contribution in [2.24, 2.45) is 11.7 Å². The number of nitrogens with zero attached hydrogens (tertiary/aromatic N) is 1. The molecule has 0 spiro atoms. The lowest BCUT2D eigenvalue weighted by atomic mass is 9.97. The molecule has 3 N–H and O–H groups in total. The highest BCUT2D eigenvalue weighted by Crippen LogP contribution is 2.18. The number of benzene rings is 1. The maximum atomic E-state index is 12.0. The maximum absolute atomic E-state index is 12.0. The van der Waals surface area contributed by atoms with Gasteiger partial charge in [0.05, 0.1) is 5.92 Å². The van der Waals surface area contributed by atoms with Gasteiger partial charge in [-0.2, -0.15) is 0 Å². The van der Waals surface area contributed by atoms with Crippen LogP contribution in [0.5, 0.6) is 0 Å². The van der Waals surface area contributed by atoms with Crippen LogP contribution in [-0.4, -0.2) is 29.9 Å². The predicted octanol–water partition coefficient (Wildman–Crippen LogP) is 1.42. The van der Waals surface area contributed by atoms with Gasteiger partial charge >= 0.3 is 6.03 Å². The van der Waals surface area contributed by atoms with Crippen molar-refractivity contribution in [3.63, 3.8) is 0 Å². The molecule has 0 bridgehead atoms. The Labute approximate surface area is 106 Å². The minimum absolute atomic E-state index is 0.0489. The lowest BCUT2D eigenvalue weighted by Gasteiger charge is -2.30. The second-order valence-corrected chi connectivity index (χ2v) is 4.48. The number of likely N-dealkylation sites (tertiary alicyclic amines) is 1. The van der Waals surface area contributed by atoms with Gasteiger partial charge in [-0.15, -0.1) is 0 Å². The highest BCUT2D eigenvalue weighted by Gasteiger charge is 2.27. The third kappa shape index (κ3) is 3.00. The summed E-state index contributed by atoms with van der Waals surface area (Å²) in [5.41, 5.74) is 6.01. The topological polar surface area (TPSA) is 75.4 Å². The van der Waals surface area contributed by atoms with Crippen LogP contribution >= 0.6 is 0 Å². The molecule has 5 heteroatoms. The van der Waals surface area contributed by atoms with Gasteiger partial charge in [0.15, 0.2) is 0 Å². The van der Waals surface area contributed by atoms with Crippen LogP contribution in [0.25, 0.3) is 0 Å². The Kier molecular flexibility index (Phi) is 3.82. The van der Waals surface area contributed by atoms with E-state index in [0.29, 0.717) is 13.1 Å². The third-order valence-corrected chi connectivity index (χ3v) is 3.15. The van der Waals surface area contributed by atoms with Crippen molar-refractivity contribution in [2.75, 3.05) is 18.4 Å². The second kappa shape index (κ2) is 5.53. The molecule has 1 saturated heterocycles. The summed E-state index contributed by atoms with van der Waals surface area (Å²) in [5.74, 6) is -0.224. The molecule has 1 fully saturated rings. The van der Waals surface area contributed by atoms with Crippen LogP contribution in [0.15, 0.2) is 30.3 Å². The molecule has 1 unspecified atom stereocenters. The van der Waals surface area contributed by atoms with Gasteiger partial charge in [0, 0.05) is 18.8 Å². The number of primary amides is 1. The number of anilines is 1. The van der Waals surface area contributed by atoms with Crippen LogP contribution in [-0.2, 0) is 4.79 Å². The Balaban J connectivity index is 1.95. The summed E-state index contributed by atoms with van der Waals surface area (Å²) in [7, 11) is 0. The minimum atomic E-state index is -0.452. The van der Waals surface area contributed by atoms with Gasteiger partial charge in [-0.25, -0.2) is 4.79 Å². The number of urea groups is 1. The Morgan fingerprint density at radius 3 is 2.67 bits per heavy atom. The fourth-order valence-corrected chi connectivity index (χ4v) is 2.16. The Bertz CT molecular complexity index is 433. The standard InChI is InChI=1S/C13H17N3O2/c14-13(18)16-8-4-5-10(9-16)12(17)15-11-6-2-1-3-7-11/h1-3,6-7,10H,4-5,8-9H2,(H2,14,18)(H,15,17). The SMILES string of the molecule is NC(=O)N1CCCC(C(=O)Nc2ccccc2)C1. The van der Waals surface area contributed by atoms with Crippen molar-refractivity contribution in [2.45, 2.75) is 12.8 Å². The van der Waals surface area contributed by atoms with Crippen molar-refractivity contribution in [1.29, 1.82) is 0 Å². The summed E-state index contributed by atoms with van der Waals surface area (Å²) < 4.78 is 0. The zero-order chi connectivity index (χ0) is 13.0. The third-order valence-electron chi connectivity index (χ3n) is 3.15. The summed E-state index contributed by atoms with van der Waals surface area (Å²) in [6.45, 7) is 1.05. The molecule has 0 aromatic heterocycles. The van der Waals surface area contributed by atoms with Gasteiger partial charge in [-0.05, 0) is 25.0 Å². The molecule has 1 aromatic rings. The average molecular weight is 247 g/mol. The maximum Gasteiger partial charge on any atom is 0.314 e. The van der Waals surface area contributed by atoms with Crippen molar-refractivity contribution in [1.82, 2.24) is 4.90 Å². The van der Waals surface area contributed by atoms with Crippen molar-refractivity contribution < 1.29 is 9.59 Å². The number of hydrogen-bond donors (Lipinski definition) is 2. The number of rotatable bonds is 2. The fourth-order valence-electron chi connectivity index (χ4n) is 2.16. The van der Waals surface area contributed by atoms with Gasteiger partial charge in [-0.1, -0.05) is 18.2 Å². The highest BCUT2D eigenvalue weighted by atomic mass is 16.2. The smallest absolute Gasteiger partial charge is 0.314 e. The molecule has 96 valence electrons. The van der Waals surface area contributed by atoms with Crippen LogP contribution in [0.1, 0.15) is 12.8 Å². The summed E-state index contributed by atoms with van der Waals surface area (Å²) in [6.07, 6.45) is 1.61. The Hall–Kier alpha value is -2.04. The second-order valence-electron chi connectivity index (χ2n) is 4.48. The number of nitrogens with one attached hydrogen (secondary N) is 1. The van der Waals surface area contributed by atoms with Crippen LogP contribution in [0, 0.1) is 5.92 Å². The van der Waals surface area contributed by atoms with E-state index in [0.717, 1.165) is 18.5 Å². The zero-order valence-corrected chi connectivity index (χ0v) is 10.1. The Morgan fingerprint density at radius 1 is 1.28 bits per heavy atom. The average Bonchev–Trinajstić information content (AvgIpc) is 2.40. The molecule has 0 aliphatic carbocycles. The van der Waals surface area contributed by atoms with Crippen molar-refractivity contribution in [3.05, 3.63) is 30.3 Å². The number of para-hydroxylation sites is 1. The first-order chi connectivity index (χ1) is 8.66. The first kappa shape index (κ1) is 12.4. The quantitative estimate of drug-likeness (QED) is 0.829. The lowest BCUT2D eigenvalue weighted by molar-refractivity contribution is -0.121. The highest BCUT2D eigenvalue weighted by molar-refractivity contribution is 5.93. The first-order valence-electron chi connectivity index (χ1n) is 6.07. The number of piperidine rings is 1. The molecule has 1 aliphatic rings. The lowest BCUT2D eigenvalue weighted by Crippen LogP contribution is -2.46. The Morgan fingerprint density at radius 2 is 2.00 bits per heavy atom. The van der Waals surface area contributed by atoms with Crippen LogP contribution < -0.4 is 11.1 Å². The summed E-state index contributed by atoms with van der Waals surface area (Å²) in [4.78, 5) is 24.7. The molecular formula is C13H17N3O2. The molecule has 1 heterocycles.